The molecule has 2 aromatic heterocycles. The van der Waals surface area contributed by atoms with Crippen LogP contribution in [0.15, 0.2) is 24.5 Å². The van der Waals surface area contributed by atoms with Gasteiger partial charge in [-0.15, -0.1) is 0 Å². The van der Waals surface area contributed by atoms with E-state index in [-0.39, 0.29) is 13.4 Å². The number of rotatable bonds is 5. The quantitative estimate of drug-likeness (QED) is 0.777. The van der Waals surface area contributed by atoms with Gasteiger partial charge in [-0.25, -0.2) is 9.97 Å². The Balaban J connectivity index is 0.00000272. The van der Waals surface area contributed by atoms with Crippen LogP contribution in [0.3, 0.4) is 0 Å². The van der Waals surface area contributed by atoms with E-state index < -0.39 is 5.60 Å². The van der Waals surface area contributed by atoms with Crippen molar-refractivity contribution < 1.29 is 16.1 Å². The predicted octanol–water partition coefficient (Wildman–Crippen LogP) is 2.98. The third kappa shape index (κ3) is 4.29. The third-order valence-corrected chi connectivity index (χ3v) is 5.79. The highest BCUT2D eigenvalue weighted by Crippen LogP contribution is 2.32. The number of fused-ring (bicyclic) bond motifs is 1. The fourth-order valence-electron chi connectivity index (χ4n) is 3.88. The largest absolute Gasteiger partial charge is 0.384 e. The zero-order valence-electron chi connectivity index (χ0n) is 17.8. The first kappa shape index (κ1) is 20.7. The van der Waals surface area contributed by atoms with Crippen LogP contribution in [0.1, 0.15) is 47.2 Å². The highest BCUT2D eigenvalue weighted by molar-refractivity contribution is 6.03. The van der Waals surface area contributed by atoms with Crippen molar-refractivity contribution in [2.45, 2.75) is 51.7 Å². The Morgan fingerprint density at radius 3 is 2.70 bits per heavy atom. The van der Waals surface area contributed by atoms with Gasteiger partial charge in [-0.1, -0.05) is 0 Å². The Hall–Kier alpha value is -2.58. The molecule has 2 aliphatic heterocycles. The van der Waals surface area contributed by atoms with Crippen LogP contribution in [0, 0.1) is 5.92 Å². The maximum atomic E-state index is 12.9. The Bertz CT molecular complexity index is 910. The highest BCUT2D eigenvalue weighted by Gasteiger charge is 2.32. The fraction of sp³-hybridized carbons (Fsp3) is 0.545. The summed E-state index contributed by atoms with van der Waals surface area (Å²) in [6.45, 7) is 7.46. The van der Waals surface area contributed by atoms with E-state index in [1.165, 1.54) is 0 Å². The molecule has 8 nitrogen and oxygen atoms in total. The van der Waals surface area contributed by atoms with Crippen LogP contribution >= 0.6 is 0 Å². The zero-order valence-corrected chi connectivity index (χ0v) is 17.8. The normalized spacial score (nSPS) is 20.1. The van der Waals surface area contributed by atoms with Crippen molar-refractivity contribution in [2.24, 2.45) is 5.92 Å². The maximum Gasteiger partial charge on any atom is 0.250 e. The number of amides is 1. The van der Waals surface area contributed by atoms with Crippen molar-refractivity contribution in [3.8, 4) is 11.3 Å². The number of nitrogens with one attached hydrogen (secondary N) is 1. The lowest BCUT2D eigenvalue weighted by atomic mass is 9.96. The number of nitrogens with zero attached hydrogens (tertiary/aromatic N) is 4. The molecule has 4 rings (SSSR count). The van der Waals surface area contributed by atoms with E-state index in [1.807, 2.05) is 13.0 Å². The average molecular weight is 414 g/mol. The summed E-state index contributed by atoms with van der Waals surface area (Å²) in [7, 11) is 0. The number of hydrogen-bond acceptors (Lipinski definition) is 7. The number of aliphatic hydroxyl groups is 1. The van der Waals surface area contributed by atoms with E-state index in [0.717, 1.165) is 38.0 Å². The summed E-state index contributed by atoms with van der Waals surface area (Å²) in [5, 5.41) is 13.3. The molecule has 0 unspecified atom stereocenters. The van der Waals surface area contributed by atoms with E-state index in [4.69, 9.17) is 9.72 Å². The number of anilines is 2. The van der Waals surface area contributed by atoms with Crippen LogP contribution in [-0.2, 0) is 15.1 Å². The molecular weight excluding hydrogens is 382 g/mol. The van der Waals surface area contributed by atoms with E-state index in [1.54, 1.807) is 37.2 Å². The first-order valence-electron chi connectivity index (χ1n) is 10.5. The minimum absolute atomic E-state index is 0. The number of aromatic nitrogens is 3. The smallest absolute Gasteiger partial charge is 0.250 e. The summed E-state index contributed by atoms with van der Waals surface area (Å²) in [5.74, 6) is 1.76. The first-order chi connectivity index (χ1) is 14.3. The Morgan fingerprint density at radius 2 is 2.03 bits per heavy atom. The van der Waals surface area contributed by atoms with Crippen LogP contribution in [0.5, 0.6) is 0 Å². The molecule has 1 fully saturated rings. The second-order valence-electron chi connectivity index (χ2n) is 8.62. The molecule has 2 N–H and O–H groups in total. The molecule has 0 saturated carbocycles. The van der Waals surface area contributed by atoms with Crippen molar-refractivity contribution in [3.05, 3.63) is 30.2 Å². The van der Waals surface area contributed by atoms with Gasteiger partial charge >= 0.3 is 0 Å². The lowest BCUT2D eigenvalue weighted by molar-refractivity contribution is -0.119. The molecule has 0 aliphatic carbocycles. The summed E-state index contributed by atoms with van der Waals surface area (Å²) in [6, 6.07) is 3.31. The molecule has 1 amide bonds. The lowest BCUT2D eigenvalue weighted by Gasteiger charge is -2.33. The van der Waals surface area contributed by atoms with Gasteiger partial charge in [-0.3, -0.25) is 14.7 Å². The van der Waals surface area contributed by atoms with Crippen molar-refractivity contribution >= 4 is 17.5 Å². The Labute approximate surface area is 178 Å². The molecule has 2 aliphatic rings. The van der Waals surface area contributed by atoms with Gasteiger partial charge in [0.25, 0.3) is 0 Å². The molecule has 0 bridgehead atoms. The highest BCUT2D eigenvalue weighted by atomic mass is 16.5. The van der Waals surface area contributed by atoms with Gasteiger partial charge in [0.2, 0.25) is 5.91 Å². The molecule has 162 valence electrons. The molecule has 2 aromatic rings. The minimum atomic E-state index is -1.01. The van der Waals surface area contributed by atoms with Gasteiger partial charge in [0.15, 0.2) is 11.6 Å². The van der Waals surface area contributed by atoms with Gasteiger partial charge in [0, 0.05) is 32.9 Å². The van der Waals surface area contributed by atoms with Crippen molar-refractivity contribution in [1.29, 1.82) is 0 Å². The summed E-state index contributed by atoms with van der Waals surface area (Å²) in [5.41, 5.74) is 1.01. The van der Waals surface area contributed by atoms with Gasteiger partial charge in [-0.2, -0.15) is 0 Å². The van der Waals surface area contributed by atoms with Crippen molar-refractivity contribution in [3.63, 3.8) is 0 Å². The van der Waals surface area contributed by atoms with Crippen LogP contribution in [-0.4, -0.2) is 51.8 Å². The molecular formula is C22H31N5O3. The third-order valence-electron chi connectivity index (χ3n) is 5.79. The molecule has 0 aromatic carbocycles. The van der Waals surface area contributed by atoms with E-state index >= 15 is 0 Å². The molecule has 30 heavy (non-hydrogen) atoms. The second-order valence-corrected chi connectivity index (χ2v) is 8.62. The number of pyridine rings is 1. The first-order valence-corrected chi connectivity index (χ1v) is 10.5. The number of carbonyl (C=O) groups is 1. The predicted molar refractivity (Wildman–Crippen MR) is 116 cm³/mol. The zero-order chi connectivity index (χ0) is 21.3. The second kappa shape index (κ2) is 8.28. The molecule has 8 heteroatoms. The molecule has 1 atom stereocenters. The SMILES string of the molecule is C[C@H]1Nc2ncc(-c3ccc(C(C)(C)O)nc3)nc2N(CCC2CCOCC2)C1=O.[HH]. The molecule has 0 radical (unpaired) electrons. The standard InChI is InChI=1S/C22H29N5O3.H2/c1-14-21(28)27(9-6-15-7-10-30-11-8-15)20-19(25-14)24-13-17(26-20)16-4-5-18(23-12-16)22(2,3)29;/h4-5,12-15,29H,6-11H2,1-3H3,(H,24,25);1H/t14-;/m1./s1. The van der Waals surface area contributed by atoms with Gasteiger partial charge in [0.05, 0.1) is 17.6 Å². The van der Waals surface area contributed by atoms with Crippen LogP contribution in [0.25, 0.3) is 11.3 Å². The molecule has 0 spiro atoms. The summed E-state index contributed by atoms with van der Waals surface area (Å²) in [6.07, 6.45) is 6.36. The lowest BCUT2D eigenvalue weighted by Crippen LogP contribution is -2.47. The Morgan fingerprint density at radius 1 is 1.27 bits per heavy atom. The Kier molecular flexibility index (Phi) is 5.71. The number of ether oxygens (including phenoxy) is 1. The number of carbonyl (C=O) groups excluding carboxylic acids is 1. The van der Waals surface area contributed by atoms with Gasteiger partial charge in [-0.05, 0) is 58.1 Å². The van der Waals surface area contributed by atoms with Gasteiger partial charge in [0.1, 0.15) is 11.6 Å². The average Bonchev–Trinajstić information content (AvgIpc) is 2.74. The molecule has 1 saturated heterocycles. The van der Waals surface area contributed by atoms with Gasteiger partial charge < -0.3 is 15.2 Å². The summed E-state index contributed by atoms with van der Waals surface area (Å²) in [4.78, 5) is 28.3. The van der Waals surface area contributed by atoms with Crippen LogP contribution in [0.2, 0.25) is 0 Å². The monoisotopic (exact) mass is 413 g/mol. The van der Waals surface area contributed by atoms with Crippen molar-refractivity contribution in [1.82, 2.24) is 15.0 Å². The summed E-state index contributed by atoms with van der Waals surface area (Å²) >= 11 is 0. The fourth-order valence-corrected chi connectivity index (χ4v) is 3.88. The maximum absolute atomic E-state index is 12.9. The van der Waals surface area contributed by atoms with E-state index in [9.17, 15) is 9.90 Å². The van der Waals surface area contributed by atoms with Crippen LogP contribution in [0.4, 0.5) is 11.6 Å². The molecule has 4 heterocycles. The van der Waals surface area contributed by atoms with Crippen molar-refractivity contribution in [2.75, 3.05) is 30.0 Å². The van der Waals surface area contributed by atoms with Crippen LogP contribution < -0.4 is 10.2 Å². The summed E-state index contributed by atoms with van der Waals surface area (Å²) < 4.78 is 5.45. The van der Waals surface area contributed by atoms with E-state index in [0.29, 0.717) is 35.5 Å². The number of hydrogen-bond donors (Lipinski definition) is 2. The van der Waals surface area contributed by atoms with E-state index in [2.05, 4.69) is 15.3 Å². The topological polar surface area (TPSA) is 100 Å². The minimum Gasteiger partial charge on any atom is -0.384 e.